The molecule has 1 fully saturated rings. The van der Waals surface area contributed by atoms with E-state index in [4.69, 9.17) is 0 Å². The minimum Gasteiger partial charge on any atom is -0.299 e. The zero-order valence-electron chi connectivity index (χ0n) is 10.9. The van der Waals surface area contributed by atoms with E-state index in [1.807, 2.05) is 0 Å². The Labute approximate surface area is 124 Å². The molecule has 1 nitrogen and oxygen atoms in total. The van der Waals surface area contributed by atoms with E-state index in [2.05, 4.69) is 15.9 Å². The molecule has 1 aliphatic carbocycles. The van der Waals surface area contributed by atoms with Gasteiger partial charge in [0.05, 0.1) is 5.92 Å². The van der Waals surface area contributed by atoms with Crippen LogP contribution >= 0.6 is 15.9 Å². The number of halogens is 4. The predicted molar refractivity (Wildman–Crippen MR) is 74.4 cm³/mol. The van der Waals surface area contributed by atoms with Gasteiger partial charge < -0.3 is 0 Å². The maximum absolute atomic E-state index is 13.0. The van der Waals surface area contributed by atoms with Gasteiger partial charge in [-0.25, -0.2) is 0 Å². The fraction of sp³-hybridized carbons (Fsp3) is 0.533. The number of hydrogen-bond donors (Lipinski definition) is 0. The highest BCUT2D eigenvalue weighted by Crippen LogP contribution is 2.42. The molecule has 0 aromatic heterocycles. The van der Waals surface area contributed by atoms with Crippen molar-refractivity contribution in [3.8, 4) is 0 Å². The lowest BCUT2D eigenvalue weighted by molar-refractivity contribution is -0.197. The Bertz CT molecular complexity index is 467. The van der Waals surface area contributed by atoms with Crippen molar-refractivity contribution < 1.29 is 18.0 Å². The van der Waals surface area contributed by atoms with Crippen LogP contribution in [-0.2, 0) is 11.2 Å². The molecular formula is C15H16BrF3O. The lowest BCUT2D eigenvalue weighted by atomic mass is 9.75. The monoisotopic (exact) mass is 348 g/mol. The summed E-state index contributed by atoms with van der Waals surface area (Å²) in [6, 6.07) is 7.14. The lowest BCUT2D eigenvalue weighted by Gasteiger charge is -2.32. The van der Waals surface area contributed by atoms with Crippen LogP contribution in [0, 0.1) is 11.8 Å². The predicted octanol–water partition coefficient (Wildman–Crippen LogP) is 4.93. The van der Waals surface area contributed by atoms with Gasteiger partial charge >= 0.3 is 6.18 Å². The second kappa shape index (κ2) is 6.29. The molecule has 2 unspecified atom stereocenters. The second-order valence-corrected chi connectivity index (χ2v) is 6.22. The molecule has 1 saturated carbocycles. The van der Waals surface area contributed by atoms with E-state index < -0.39 is 18.0 Å². The first-order valence-corrected chi connectivity index (χ1v) is 7.51. The van der Waals surface area contributed by atoms with Crippen LogP contribution in [0.4, 0.5) is 13.2 Å². The SMILES string of the molecule is O=C(Cc1ccc(Br)cc1)C1CCCCC1C(F)(F)F. The smallest absolute Gasteiger partial charge is 0.299 e. The van der Waals surface area contributed by atoms with Crippen LogP contribution < -0.4 is 0 Å². The minimum atomic E-state index is -4.26. The molecule has 0 radical (unpaired) electrons. The first-order chi connectivity index (χ1) is 9.38. The van der Waals surface area contributed by atoms with Crippen molar-refractivity contribution in [2.24, 2.45) is 11.8 Å². The third-order valence-corrected chi connectivity index (χ3v) is 4.42. The zero-order valence-corrected chi connectivity index (χ0v) is 12.5. The Kier molecular flexibility index (Phi) is 4.89. The van der Waals surface area contributed by atoms with Gasteiger partial charge in [-0.2, -0.15) is 13.2 Å². The van der Waals surface area contributed by atoms with Crippen molar-refractivity contribution >= 4 is 21.7 Å². The summed E-state index contributed by atoms with van der Waals surface area (Å²) < 4.78 is 39.8. The van der Waals surface area contributed by atoms with Crippen molar-refractivity contribution in [2.75, 3.05) is 0 Å². The Hall–Kier alpha value is -0.840. The normalized spacial score (nSPS) is 23.6. The molecule has 1 aromatic rings. The fourth-order valence-electron chi connectivity index (χ4n) is 2.84. The number of carbonyl (C=O) groups is 1. The lowest BCUT2D eigenvalue weighted by Crippen LogP contribution is -2.37. The Morgan fingerprint density at radius 3 is 2.35 bits per heavy atom. The molecule has 0 bridgehead atoms. The number of rotatable bonds is 3. The molecule has 0 heterocycles. The maximum atomic E-state index is 13.0. The van der Waals surface area contributed by atoms with E-state index in [1.165, 1.54) is 0 Å². The highest BCUT2D eigenvalue weighted by molar-refractivity contribution is 9.10. The average molecular weight is 349 g/mol. The molecule has 1 aromatic carbocycles. The van der Waals surface area contributed by atoms with E-state index in [0.717, 1.165) is 10.0 Å². The number of alkyl halides is 3. The molecule has 0 amide bonds. The van der Waals surface area contributed by atoms with E-state index in [1.54, 1.807) is 24.3 Å². The van der Waals surface area contributed by atoms with Gasteiger partial charge in [0.15, 0.2) is 0 Å². The summed E-state index contributed by atoms with van der Waals surface area (Å²) in [5.74, 6) is -2.61. The van der Waals surface area contributed by atoms with E-state index in [-0.39, 0.29) is 18.6 Å². The second-order valence-electron chi connectivity index (χ2n) is 5.31. The standard InChI is InChI=1S/C15H16BrF3O/c16-11-7-5-10(6-8-11)9-14(20)12-3-1-2-4-13(12)15(17,18)19/h5-8,12-13H,1-4,9H2. The van der Waals surface area contributed by atoms with Gasteiger partial charge in [0.1, 0.15) is 5.78 Å². The van der Waals surface area contributed by atoms with Gasteiger partial charge in [-0.3, -0.25) is 4.79 Å². The molecule has 0 spiro atoms. The van der Waals surface area contributed by atoms with Crippen LogP contribution in [-0.4, -0.2) is 12.0 Å². The van der Waals surface area contributed by atoms with Crippen LogP contribution in [0.5, 0.6) is 0 Å². The Morgan fingerprint density at radius 2 is 1.75 bits per heavy atom. The quantitative estimate of drug-likeness (QED) is 0.756. The minimum absolute atomic E-state index is 0.0836. The van der Waals surface area contributed by atoms with Gasteiger partial charge in [0.25, 0.3) is 0 Å². The maximum Gasteiger partial charge on any atom is 0.392 e. The third-order valence-electron chi connectivity index (χ3n) is 3.89. The number of hydrogen-bond acceptors (Lipinski definition) is 1. The van der Waals surface area contributed by atoms with Gasteiger partial charge in [-0.1, -0.05) is 40.9 Å². The summed E-state index contributed by atoms with van der Waals surface area (Å²) in [4.78, 5) is 12.2. The molecule has 0 aliphatic heterocycles. The number of ketones is 1. The van der Waals surface area contributed by atoms with Crippen molar-refractivity contribution in [1.29, 1.82) is 0 Å². The first-order valence-electron chi connectivity index (χ1n) is 6.72. The van der Waals surface area contributed by atoms with Gasteiger partial charge in [-0.15, -0.1) is 0 Å². The van der Waals surface area contributed by atoms with Crippen LogP contribution in [0.2, 0.25) is 0 Å². The molecule has 5 heteroatoms. The summed E-state index contributed by atoms with van der Waals surface area (Å²) in [5.41, 5.74) is 0.768. The highest BCUT2D eigenvalue weighted by Gasteiger charge is 2.47. The fourth-order valence-corrected chi connectivity index (χ4v) is 3.11. The Morgan fingerprint density at radius 1 is 1.15 bits per heavy atom. The largest absolute Gasteiger partial charge is 0.392 e. The molecule has 0 N–H and O–H groups in total. The summed E-state index contributed by atoms with van der Waals surface area (Å²) in [7, 11) is 0. The van der Waals surface area contributed by atoms with Crippen molar-refractivity contribution in [1.82, 2.24) is 0 Å². The molecule has 1 aliphatic rings. The van der Waals surface area contributed by atoms with Gasteiger partial charge in [-0.05, 0) is 30.5 Å². The van der Waals surface area contributed by atoms with Crippen LogP contribution in [0.3, 0.4) is 0 Å². The molecule has 20 heavy (non-hydrogen) atoms. The topological polar surface area (TPSA) is 17.1 Å². The third kappa shape index (κ3) is 3.84. The molecular weight excluding hydrogens is 333 g/mol. The molecule has 110 valence electrons. The van der Waals surface area contributed by atoms with Gasteiger partial charge in [0.2, 0.25) is 0 Å². The number of benzene rings is 1. The molecule has 2 rings (SSSR count). The first kappa shape index (κ1) is 15.5. The van der Waals surface area contributed by atoms with Crippen LogP contribution in [0.1, 0.15) is 31.2 Å². The average Bonchev–Trinajstić information content (AvgIpc) is 2.40. The van der Waals surface area contributed by atoms with Crippen molar-refractivity contribution in [3.63, 3.8) is 0 Å². The molecule has 0 saturated heterocycles. The zero-order chi connectivity index (χ0) is 14.8. The Balaban J connectivity index is 2.08. The number of Topliss-reactive ketones (excluding diaryl/α,β-unsaturated/α-hetero) is 1. The summed E-state index contributed by atoms with van der Waals surface area (Å²) in [6.07, 6.45) is -2.46. The van der Waals surface area contributed by atoms with E-state index in [0.29, 0.717) is 19.3 Å². The van der Waals surface area contributed by atoms with E-state index in [9.17, 15) is 18.0 Å². The molecule has 2 atom stereocenters. The summed E-state index contributed by atoms with van der Waals surface area (Å²) in [6.45, 7) is 0. The summed E-state index contributed by atoms with van der Waals surface area (Å²) >= 11 is 3.29. The van der Waals surface area contributed by atoms with Gasteiger partial charge in [0, 0.05) is 16.8 Å². The summed E-state index contributed by atoms with van der Waals surface area (Å²) in [5, 5.41) is 0. The highest BCUT2D eigenvalue weighted by atomic mass is 79.9. The van der Waals surface area contributed by atoms with Crippen LogP contribution in [0.15, 0.2) is 28.7 Å². The van der Waals surface area contributed by atoms with Crippen molar-refractivity contribution in [3.05, 3.63) is 34.3 Å². The van der Waals surface area contributed by atoms with Crippen molar-refractivity contribution in [2.45, 2.75) is 38.3 Å². The van der Waals surface area contributed by atoms with Crippen LogP contribution in [0.25, 0.3) is 0 Å². The van der Waals surface area contributed by atoms with E-state index >= 15 is 0 Å². The number of carbonyl (C=O) groups excluding carboxylic acids is 1.